The van der Waals surface area contributed by atoms with Gasteiger partial charge in [-0.05, 0) is 30.5 Å². The fourth-order valence-corrected chi connectivity index (χ4v) is 4.41. The van der Waals surface area contributed by atoms with Crippen molar-refractivity contribution >= 4 is 23.3 Å². The Kier molecular flexibility index (Phi) is 4.73. The molecule has 0 radical (unpaired) electrons. The minimum absolute atomic E-state index is 0.178. The maximum atomic E-state index is 13.1. The molecule has 1 N–H and O–H groups in total. The molecule has 1 aromatic heterocycles. The molecule has 5 nitrogen and oxygen atoms in total. The Hall–Kier alpha value is -2.99. The third kappa shape index (κ3) is 3.31. The van der Waals surface area contributed by atoms with Crippen LogP contribution in [0.2, 0.25) is 0 Å². The molecule has 3 aromatic rings. The zero-order chi connectivity index (χ0) is 19.7. The number of nitrogens with one attached hydrogen (secondary N) is 1. The second-order valence-electron chi connectivity index (χ2n) is 7.16. The quantitative estimate of drug-likeness (QED) is 0.669. The van der Waals surface area contributed by atoms with E-state index >= 15 is 0 Å². The molecule has 0 spiro atoms. The molecular formula is C22H21N3O2S. The monoisotopic (exact) mass is 391 g/mol. The number of benzene rings is 2. The first-order valence-corrected chi connectivity index (χ1v) is 10.0. The maximum Gasteiger partial charge on any atom is 0.325 e. The number of carbonyl (C=O) groups excluding carboxylic acids is 2. The van der Waals surface area contributed by atoms with Gasteiger partial charge in [-0.2, -0.15) is 0 Å². The number of rotatable bonds is 5. The molecule has 0 saturated carbocycles. The van der Waals surface area contributed by atoms with E-state index in [9.17, 15) is 9.59 Å². The second kappa shape index (κ2) is 7.20. The van der Waals surface area contributed by atoms with Crippen LogP contribution in [0.5, 0.6) is 0 Å². The summed E-state index contributed by atoms with van der Waals surface area (Å²) in [5.41, 5.74) is 2.66. The molecule has 1 aliphatic rings. The normalized spacial score (nSPS) is 19.1. The third-order valence-electron chi connectivity index (χ3n) is 5.08. The van der Waals surface area contributed by atoms with Gasteiger partial charge in [0.15, 0.2) is 0 Å². The topological polar surface area (TPSA) is 62.3 Å². The van der Waals surface area contributed by atoms with Gasteiger partial charge >= 0.3 is 6.03 Å². The van der Waals surface area contributed by atoms with Crippen molar-refractivity contribution in [1.29, 1.82) is 0 Å². The summed E-state index contributed by atoms with van der Waals surface area (Å²) in [6.07, 6.45) is 0.743. The Morgan fingerprint density at radius 3 is 2.54 bits per heavy atom. The van der Waals surface area contributed by atoms with E-state index in [1.807, 2.05) is 54.8 Å². The van der Waals surface area contributed by atoms with Crippen molar-refractivity contribution in [3.8, 4) is 0 Å². The van der Waals surface area contributed by atoms with Crippen LogP contribution >= 0.6 is 11.3 Å². The number of hydrogen-bond donors (Lipinski definition) is 1. The standard InChI is InChI=1S/C22H21N3O2S/c1-15-8-6-7-11-18(15)22(2)20(26)25(21(27)24-22)13-17-14-28-19(23-17)12-16-9-4-3-5-10-16/h3-11,14H,12-13H2,1-2H3,(H,24,27). The van der Waals surface area contributed by atoms with Crippen molar-refractivity contribution in [2.45, 2.75) is 32.4 Å². The van der Waals surface area contributed by atoms with E-state index in [0.717, 1.165) is 28.2 Å². The predicted molar refractivity (Wildman–Crippen MR) is 109 cm³/mol. The fourth-order valence-electron chi connectivity index (χ4n) is 3.59. The van der Waals surface area contributed by atoms with Gasteiger partial charge in [0.05, 0.1) is 17.2 Å². The SMILES string of the molecule is Cc1ccccc1C1(C)NC(=O)N(Cc2csc(Cc3ccccc3)n2)C1=O. The summed E-state index contributed by atoms with van der Waals surface area (Å²) < 4.78 is 0. The summed E-state index contributed by atoms with van der Waals surface area (Å²) in [6.45, 7) is 3.88. The van der Waals surface area contributed by atoms with E-state index in [-0.39, 0.29) is 18.5 Å². The van der Waals surface area contributed by atoms with Crippen LogP contribution in [-0.2, 0) is 23.3 Å². The second-order valence-corrected chi connectivity index (χ2v) is 8.10. The van der Waals surface area contributed by atoms with Gasteiger partial charge in [-0.3, -0.25) is 9.69 Å². The summed E-state index contributed by atoms with van der Waals surface area (Å²) in [5, 5.41) is 5.75. The smallest absolute Gasteiger partial charge is 0.319 e. The number of urea groups is 1. The molecule has 6 heteroatoms. The van der Waals surface area contributed by atoms with Crippen molar-refractivity contribution in [1.82, 2.24) is 15.2 Å². The van der Waals surface area contributed by atoms with Crippen LogP contribution < -0.4 is 5.32 Å². The Morgan fingerprint density at radius 2 is 1.79 bits per heavy atom. The first kappa shape index (κ1) is 18.4. The Balaban J connectivity index is 1.52. The van der Waals surface area contributed by atoms with E-state index in [4.69, 9.17) is 0 Å². The molecule has 4 rings (SSSR count). The largest absolute Gasteiger partial charge is 0.325 e. The highest BCUT2D eigenvalue weighted by atomic mass is 32.1. The van der Waals surface area contributed by atoms with E-state index in [1.165, 1.54) is 10.5 Å². The zero-order valence-electron chi connectivity index (χ0n) is 15.8. The van der Waals surface area contributed by atoms with Gasteiger partial charge in [0.1, 0.15) is 5.54 Å². The van der Waals surface area contributed by atoms with E-state index < -0.39 is 5.54 Å². The van der Waals surface area contributed by atoms with Gasteiger partial charge in [0.2, 0.25) is 0 Å². The van der Waals surface area contributed by atoms with Crippen molar-refractivity contribution < 1.29 is 9.59 Å². The number of thiazole rings is 1. The molecular weight excluding hydrogens is 370 g/mol. The van der Waals surface area contributed by atoms with Gasteiger partial charge in [0.25, 0.3) is 5.91 Å². The number of aryl methyl sites for hydroxylation is 1. The van der Waals surface area contributed by atoms with Crippen molar-refractivity contribution in [2.24, 2.45) is 0 Å². The Bertz CT molecular complexity index is 1030. The van der Waals surface area contributed by atoms with Crippen LogP contribution in [0.3, 0.4) is 0 Å². The lowest BCUT2D eigenvalue weighted by Crippen LogP contribution is -2.41. The van der Waals surface area contributed by atoms with Gasteiger partial charge in [-0.15, -0.1) is 11.3 Å². The van der Waals surface area contributed by atoms with Crippen LogP contribution in [-0.4, -0.2) is 21.8 Å². The molecule has 28 heavy (non-hydrogen) atoms. The van der Waals surface area contributed by atoms with Gasteiger partial charge < -0.3 is 5.32 Å². The first-order chi connectivity index (χ1) is 13.5. The summed E-state index contributed by atoms with van der Waals surface area (Å²) in [5.74, 6) is -0.246. The molecule has 0 aliphatic carbocycles. The van der Waals surface area contributed by atoms with Crippen LogP contribution in [0.1, 0.15) is 34.3 Å². The lowest BCUT2D eigenvalue weighted by atomic mass is 9.88. The van der Waals surface area contributed by atoms with Crippen LogP contribution in [0.15, 0.2) is 60.0 Å². The van der Waals surface area contributed by atoms with Crippen molar-refractivity contribution in [2.75, 3.05) is 0 Å². The molecule has 1 aliphatic heterocycles. The van der Waals surface area contributed by atoms with Crippen LogP contribution in [0.25, 0.3) is 0 Å². The van der Waals surface area contributed by atoms with Crippen LogP contribution in [0, 0.1) is 6.92 Å². The number of hydrogen-bond acceptors (Lipinski definition) is 4. The molecule has 3 amide bonds. The highest BCUT2D eigenvalue weighted by molar-refractivity contribution is 7.09. The molecule has 0 bridgehead atoms. The average Bonchev–Trinajstić information content (AvgIpc) is 3.21. The Labute approximate surface area is 168 Å². The minimum atomic E-state index is -1.05. The summed E-state index contributed by atoms with van der Waals surface area (Å²) in [6, 6.07) is 17.4. The van der Waals surface area contributed by atoms with Crippen LogP contribution in [0.4, 0.5) is 4.79 Å². The van der Waals surface area contributed by atoms with Gasteiger partial charge in [-0.1, -0.05) is 54.6 Å². The lowest BCUT2D eigenvalue weighted by Gasteiger charge is -2.24. The summed E-state index contributed by atoms with van der Waals surface area (Å²) in [4.78, 5) is 31.5. The molecule has 142 valence electrons. The van der Waals surface area contributed by atoms with Crippen molar-refractivity contribution in [3.05, 3.63) is 87.4 Å². The predicted octanol–water partition coefficient (Wildman–Crippen LogP) is 4.01. The highest BCUT2D eigenvalue weighted by Gasteiger charge is 2.49. The van der Waals surface area contributed by atoms with Crippen molar-refractivity contribution in [3.63, 3.8) is 0 Å². The molecule has 1 atom stereocenters. The number of amides is 3. The molecule has 2 heterocycles. The molecule has 1 saturated heterocycles. The zero-order valence-corrected chi connectivity index (χ0v) is 16.6. The van der Waals surface area contributed by atoms with E-state index in [0.29, 0.717) is 0 Å². The van der Waals surface area contributed by atoms with Gasteiger partial charge in [-0.25, -0.2) is 9.78 Å². The lowest BCUT2D eigenvalue weighted by molar-refractivity contribution is -0.131. The number of imide groups is 1. The summed E-state index contributed by atoms with van der Waals surface area (Å²) in [7, 11) is 0. The number of nitrogens with zero attached hydrogens (tertiary/aromatic N) is 2. The van der Waals surface area contributed by atoms with E-state index in [1.54, 1.807) is 18.3 Å². The van der Waals surface area contributed by atoms with E-state index in [2.05, 4.69) is 22.4 Å². The van der Waals surface area contributed by atoms with Gasteiger partial charge in [0, 0.05) is 11.8 Å². The minimum Gasteiger partial charge on any atom is -0.319 e. The first-order valence-electron chi connectivity index (χ1n) is 9.15. The fraction of sp³-hybridized carbons (Fsp3) is 0.227. The molecule has 1 fully saturated rings. The molecule has 1 unspecified atom stereocenters. The Morgan fingerprint density at radius 1 is 1.07 bits per heavy atom. The number of carbonyl (C=O) groups is 2. The third-order valence-corrected chi connectivity index (χ3v) is 5.97. The average molecular weight is 391 g/mol. The number of aromatic nitrogens is 1. The summed E-state index contributed by atoms with van der Waals surface area (Å²) >= 11 is 1.55. The molecule has 2 aromatic carbocycles. The highest BCUT2D eigenvalue weighted by Crippen LogP contribution is 2.31. The maximum absolute atomic E-state index is 13.1.